The van der Waals surface area contributed by atoms with Crippen LogP contribution in [0.1, 0.15) is 28.4 Å². The largest absolute Gasteiger partial charge is 0.494 e. The van der Waals surface area contributed by atoms with E-state index in [0.717, 1.165) is 16.6 Å². The molecule has 0 aliphatic carbocycles. The highest BCUT2D eigenvalue weighted by Gasteiger charge is 2.15. The minimum Gasteiger partial charge on any atom is -0.494 e. The number of pyridine rings is 1. The van der Waals surface area contributed by atoms with Crippen molar-refractivity contribution in [2.75, 3.05) is 11.9 Å². The van der Waals surface area contributed by atoms with Crippen molar-refractivity contribution < 1.29 is 9.53 Å². The lowest BCUT2D eigenvalue weighted by atomic mass is 10.1. The minimum atomic E-state index is -0.419. The van der Waals surface area contributed by atoms with Gasteiger partial charge in [-0.3, -0.25) is 9.59 Å². The van der Waals surface area contributed by atoms with E-state index in [2.05, 4.69) is 5.32 Å². The highest BCUT2D eigenvalue weighted by molar-refractivity contribution is 6.05. The monoisotopic (exact) mass is 350 g/mol. The summed E-state index contributed by atoms with van der Waals surface area (Å²) in [7, 11) is 1.81. The first-order valence-electron chi connectivity index (χ1n) is 8.55. The second kappa shape index (κ2) is 7.04. The maximum atomic E-state index is 12.9. The van der Waals surface area contributed by atoms with E-state index in [4.69, 9.17) is 4.74 Å². The molecule has 0 atom stereocenters. The van der Waals surface area contributed by atoms with E-state index in [0.29, 0.717) is 23.4 Å². The van der Waals surface area contributed by atoms with E-state index in [1.807, 2.05) is 58.2 Å². The maximum absolute atomic E-state index is 12.9. The maximum Gasteiger partial charge on any atom is 0.261 e. The molecule has 0 bridgehead atoms. The molecule has 1 N–H and O–H groups in total. The van der Waals surface area contributed by atoms with E-state index < -0.39 is 5.91 Å². The molecular weight excluding hydrogens is 328 g/mol. The number of ether oxygens (including phenoxy) is 1. The fraction of sp³-hybridized carbons (Fsp3) is 0.238. The number of nitrogens with one attached hydrogen (secondary N) is 1. The summed E-state index contributed by atoms with van der Waals surface area (Å²) in [5, 5.41) is 3.28. The van der Waals surface area contributed by atoms with Gasteiger partial charge >= 0.3 is 0 Å². The van der Waals surface area contributed by atoms with Crippen LogP contribution in [0.2, 0.25) is 0 Å². The van der Waals surface area contributed by atoms with Gasteiger partial charge in [-0.1, -0.05) is 6.07 Å². The number of hydrogen-bond acceptors (Lipinski definition) is 3. The zero-order valence-corrected chi connectivity index (χ0v) is 15.4. The fourth-order valence-electron chi connectivity index (χ4n) is 2.91. The van der Waals surface area contributed by atoms with Crippen molar-refractivity contribution in [2.45, 2.75) is 20.8 Å². The number of anilines is 1. The molecule has 0 aliphatic heterocycles. The van der Waals surface area contributed by atoms with Gasteiger partial charge in [0.05, 0.1) is 17.5 Å². The van der Waals surface area contributed by atoms with Crippen molar-refractivity contribution in [3.63, 3.8) is 0 Å². The number of aryl methyl sites for hydroxylation is 3. The quantitative estimate of drug-likeness (QED) is 0.778. The van der Waals surface area contributed by atoms with Crippen LogP contribution < -0.4 is 15.5 Å². The van der Waals surface area contributed by atoms with Gasteiger partial charge in [0.1, 0.15) is 11.3 Å². The molecule has 0 spiro atoms. The molecule has 0 radical (unpaired) electrons. The molecule has 3 rings (SSSR count). The second-order valence-corrected chi connectivity index (χ2v) is 6.35. The number of aromatic nitrogens is 1. The smallest absolute Gasteiger partial charge is 0.261 e. The van der Waals surface area contributed by atoms with Gasteiger partial charge in [0, 0.05) is 18.9 Å². The molecule has 1 heterocycles. The number of hydrogen-bond donors (Lipinski definition) is 1. The van der Waals surface area contributed by atoms with Gasteiger partial charge in [-0.25, -0.2) is 0 Å². The number of amides is 1. The number of nitrogens with zero attached hydrogens (tertiary/aromatic N) is 1. The average molecular weight is 350 g/mol. The van der Waals surface area contributed by atoms with Crippen molar-refractivity contribution >= 4 is 22.5 Å². The Bertz CT molecular complexity index is 1050. The predicted molar refractivity (Wildman–Crippen MR) is 104 cm³/mol. The van der Waals surface area contributed by atoms with Gasteiger partial charge in [0.25, 0.3) is 5.91 Å². The summed E-state index contributed by atoms with van der Waals surface area (Å²) in [6.45, 7) is 6.39. The van der Waals surface area contributed by atoms with Gasteiger partial charge in [0.2, 0.25) is 5.43 Å². The average Bonchev–Trinajstić information content (AvgIpc) is 2.61. The van der Waals surface area contributed by atoms with Gasteiger partial charge < -0.3 is 14.6 Å². The summed E-state index contributed by atoms with van der Waals surface area (Å²) in [6, 6.07) is 11.0. The molecule has 0 aliphatic rings. The van der Waals surface area contributed by atoms with Crippen LogP contribution in [-0.2, 0) is 7.05 Å². The van der Waals surface area contributed by atoms with Crippen molar-refractivity contribution in [2.24, 2.45) is 7.05 Å². The Labute approximate surface area is 152 Å². The Morgan fingerprint density at radius 3 is 2.58 bits per heavy atom. The number of rotatable bonds is 4. The van der Waals surface area contributed by atoms with Crippen LogP contribution in [0.15, 0.2) is 47.4 Å². The Hall–Kier alpha value is -3.08. The van der Waals surface area contributed by atoms with Crippen LogP contribution in [0.4, 0.5) is 5.69 Å². The molecule has 1 amide bonds. The minimum absolute atomic E-state index is 0.104. The number of carbonyl (C=O) groups excluding carboxylic acids is 1. The first-order valence-corrected chi connectivity index (χ1v) is 8.55. The van der Waals surface area contributed by atoms with Crippen molar-refractivity contribution in [1.29, 1.82) is 0 Å². The third-order valence-electron chi connectivity index (χ3n) is 4.48. The lowest BCUT2D eigenvalue weighted by molar-refractivity contribution is 0.102. The Balaban J connectivity index is 2.03. The Morgan fingerprint density at radius 2 is 1.88 bits per heavy atom. The first-order chi connectivity index (χ1) is 12.4. The van der Waals surface area contributed by atoms with Crippen molar-refractivity contribution in [3.8, 4) is 5.75 Å². The zero-order valence-electron chi connectivity index (χ0n) is 15.4. The van der Waals surface area contributed by atoms with Crippen LogP contribution in [0, 0.1) is 13.8 Å². The standard InChI is InChI=1S/C21H22N2O3/c1-5-26-16-8-9-19-17(11-16)20(24)18(12-23(19)4)21(25)22-15-7-6-13(2)14(3)10-15/h6-12H,5H2,1-4H3,(H,22,25). The zero-order chi connectivity index (χ0) is 18.8. The van der Waals surface area contributed by atoms with Gasteiger partial charge in [-0.05, 0) is 62.2 Å². The summed E-state index contributed by atoms with van der Waals surface area (Å²) in [6.07, 6.45) is 1.57. The summed E-state index contributed by atoms with van der Waals surface area (Å²) in [5.41, 5.74) is 3.45. The SMILES string of the molecule is CCOc1ccc2c(c1)c(=O)c(C(=O)Nc1ccc(C)c(C)c1)cn2C. The molecule has 2 aromatic carbocycles. The second-order valence-electron chi connectivity index (χ2n) is 6.35. The molecule has 5 nitrogen and oxygen atoms in total. The van der Waals surface area contributed by atoms with Crippen LogP contribution in [0.5, 0.6) is 5.75 Å². The highest BCUT2D eigenvalue weighted by atomic mass is 16.5. The molecule has 3 aromatic rings. The van der Waals surface area contributed by atoms with E-state index in [1.165, 1.54) is 0 Å². The lowest BCUT2D eigenvalue weighted by Gasteiger charge is -2.12. The molecular formula is C21H22N2O3. The Morgan fingerprint density at radius 1 is 1.12 bits per heavy atom. The normalized spacial score (nSPS) is 10.8. The molecule has 0 unspecified atom stereocenters. The van der Waals surface area contributed by atoms with E-state index in [-0.39, 0.29) is 11.0 Å². The van der Waals surface area contributed by atoms with E-state index in [9.17, 15) is 9.59 Å². The summed E-state index contributed by atoms with van der Waals surface area (Å²) < 4.78 is 7.26. The van der Waals surface area contributed by atoms with Gasteiger partial charge in [-0.15, -0.1) is 0 Å². The van der Waals surface area contributed by atoms with Crippen LogP contribution in [0.25, 0.3) is 10.9 Å². The Kier molecular flexibility index (Phi) is 4.80. The highest BCUT2D eigenvalue weighted by Crippen LogP contribution is 2.20. The third kappa shape index (κ3) is 3.33. The molecule has 134 valence electrons. The fourth-order valence-corrected chi connectivity index (χ4v) is 2.91. The molecule has 5 heteroatoms. The number of benzene rings is 2. The van der Waals surface area contributed by atoms with Crippen molar-refractivity contribution in [3.05, 3.63) is 69.5 Å². The number of fused-ring (bicyclic) bond motifs is 1. The molecule has 0 saturated carbocycles. The van der Waals surface area contributed by atoms with Crippen LogP contribution in [-0.4, -0.2) is 17.1 Å². The predicted octanol–water partition coefficient (Wildman–Crippen LogP) is 3.81. The van der Waals surface area contributed by atoms with Crippen LogP contribution in [0.3, 0.4) is 0 Å². The molecule has 0 fully saturated rings. The third-order valence-corrected chi connectivity index (χ3v) is 4.48. The van der Waals surface area contributed by atoms with Gasteiger partial charge in [0.15, 0.2) is 0 Å². The summed E-state index contributed by atoms with van der Waals surface area (Å²) >= 11 is 0. The lowest BCUT2D eigenvalue weighted by Crippen LogP contribution is -2.23. The number of carbonyl (C=O) groups is 1. The summed E-state index contributed by atoms with van der Waals surface area (Å²) in [4.78, 5) is 25.5. The van der Waals surface area contributed by atoms with Gasteiger partial charge in [-0.2, -0.15) is 0 Å². The molecule has 0 saturated heterocycles. The van der Waals surface area contributed by atoms with Crippen molar-refractivity contribution in [1.82, 2.24) is 4.57 Å². The molecule has 26 heavy (non-hydrogen) atoms. The van der Waals surface area contributed by atoms with E-state index >= 15 is 0 Å². The molecule has 1 aromatic heterocycles. The van der Waals surface area contributed by atoms with Crippen LogP contribution >= 0.6 is 0 Å². The topological polar surface area (TPSA) is 60.3 Å². The first kappa shape index (κ1) is 17.7. The summed E-state index contributed by atoms with van der Waals surface area (Å²) in [5.74, 6) is 0.196. The van der Waals surface area contributed by atoms with E-state index in [1.54, 1.807) is 16.8 Å².